The highest BCUT2D eigenvalue weighted by atomic mass is 16.5. The van der Waals surface area contributed by atoms with E-state index >= 15 is 0 Å². The lowest BCUT2D eigenvalue weighted by atomic mass is 10.1. The Morgan fingerprint density at radius 3 is 2.10 bits per heavy atom. The molecule has 0 saturated carbocycles. The summed E-state index contributed by atoms with van der Waals surface area (Å²) in [6.45, 7) is 7.74. The van der Waals surface area contributed by atoms with Gasteiger partial charge in [0.05, 0.1) is 5.69 Å². The van der Waals surface area contributed by atoms with Crippen LogP contribution in [-0.4, -0.2) is 10.9 Å². The summed E-state index contributed by atoms with van der Waals surface area (Å²) >= 11 is 0. The normalized spacial score (nSPS) is 10.8. The second-order valence-electron chi connectivity index (χ2n) is 6.98. The first-order valence-corrected chi connectivity index (χ1v) is 9.76. The number of allylic oxidation sites excluding steroid dienone is 5. The SMILES string of the molecule is C=C/C=C(\C=C(C)C)c1ccc(C(N)=O)c(Oc2ccc(Oc3ccccc3)cc2)n1. The van der Waals surface area contributed by atoms with Crippen LogP contribution in [-0.2, 0) is 0 Å². The molecule has 5 nitrogen and oxygen atoms in total. The van der Waals surface area contributed by atoms with Crippen molar-refractivity contribution < 1.29 is 14.3 Å². The van der Waals surface area contributed by atoms with Gasteiger partial charge in [0.2, 0.25) is 5.88 Å². The maximum absolute atomic E-state index is 11.9. The Labute approximate surface area is 182 Å². The molecule has 2 N–H and O–H groups in total. The van der Waals surface area contributed by atoms with Crippen LogP contribution in [0.3, 0.4) is 0 Å². The topological polar surface area (TPSA) is 74.4 Å². The molecule has 0 radical (unpaired) electrons. The summed E-state index contributed by atoms with van der Waals surface area (Å²) < 4.78 is 11.7. The molecule has 3 aromatic rings. The first-order valence-electron chi connectivity index (χ1n) is 9.76. The van der Waals surface area contributed by atoms with E-state index in [-0.39, 0.29) is 11.4 Å². The summed E-state index contributed by atoms with van der Waals surface area (Å²) in [5.74, 6) is 1.43. The van der Waals surface area contributed by atoms with Gasteiger partial charge >= 0.3 is 0 Å². The van der Waals surface area contributed by atoms with Crippen LogP contribution in [0, 0.1) is 0 Å². The van der Waals surface area contributed by atoms with E-state index in [0.29, 0.717) is 17.2 Å². The van der Waals surface area contributed by atoms with E-state index in [1.54, 1.807) is 42.5 Å². The molecule has 0 fully saturated rings. The molecule has 0 bridgehead atoms. The molecule has 0 aliphatic rings. The Kier molecular flexibility index (Phi) is 7.01. The zero-order valence-electron chi connectivity index (χ0n) is 17.5. The number of para-hydroxylation sites is 1. The number of rotatable bonds is 8. The van der Waals surface area contributed by atoms with Crippen molar-refractivity contribution in [2.24, 2.45) is 5.73 Å². The molecule has 0 aliphatic carbocycles. The summed E-state index contributed by atoms with van der Waals surface area (Å²) in [6.07, 6.45) is 5.51. The van der Waals surface area contributed by atoms with E-state index in [4.69, 9.17) is 15.2 Å². The van der Waals surface area contributed by atoms with Crippen molar-refractivity contribution in [3.05, 3.63) is 108 Å². The number of carbonyl (C=O) groups excluding carboxylic acids is 1. The number of nitrogens with two attached hydrogens (primary N) is 1. The third kappa shape index (κ3) is 5.93. The Hall–Kier alpha value is -4.12. The number of amides is 1. The summed E-state index contributed by atoms with van der Waals surface area (Å²) in [5, 5.41) is 0. The zero-order chi connectivity index (χ0) is 22.2. The fraction of sp³-hybridized carbons (Fsp3) is 0.0769. The number of hydrogen-bond donors (Lipinski definition) is 1. The van der Waals surface area contributed by atoms with E-state index in [0.717, 1.165) is 16.9 Å². The second kappa shape index (κ2) is 10.1. The molecular formula is C26H24N2O3. The standard InChI is InChI=1S/C26H24N2O3/c1-4-8-19(17-18(2)3)24-16-15-23(25(27)29)26(28-24)31-22-13-11-21(12-14-22)30-20-9-6-5-7-10-20/h4-17H,1H2,2-3H3,(H2,27,29)/b19-8+. The van der Waals surface area contributed by atoms with Crippen LogP contribution in [0.1, 0.15) is 29.9 Å². The van der Waals surface area contributed by atoms with E-state index in [1.807, 2.05) is 56.3 Å². The minimum absolute atomic E-state index is 0.138. The third-order valence-electron chi connectivity index (χ3n) is 4.18. The zero-order valence-corrected chi connectivity index (χ0v) is 17.5. The van der Waals surface area contributed by atoms with Gasteiger partial charge < -0.3 is 15.2 Å². The fourth-order valence-corrected chi connectivity index (χ4v) is 2.82. The minimum atomic E-state index is -0.616. The molecule has 1 heterocycles. The average molecular weight is 412 g/mol. The highest BCUT2D eigenvalue weighted by Crippen LogP contribution is 2.29. The van der Waals surface area contributed by atoms with Gasteiger partial charge in [0, 0.05) is 5.57 Å². The summed E-state index contributed by atoms with van der Waals surface area (Å²) in [4.78, 5) is 16.4. The molecule has 0 unspecified atom stereocenters. The summed E-state index contributed by atoms with van der Waals surface area (Å²) in [7, 11) is 0. The maximum Gasteiger partial charge on any atom is 0.254 e. The van der Waals surface area contributed by atoms with Gasteiger partial charge in [-0.25, -0.2) is 4.98 Å². The lowest BCUT2D eigenvalue weighted by Gasteiger charge is -2.12. The molecular weight excluding hydrogens is 388 g/mol. The molecule has 0 aliphatic heterocycles. The first-order chi connectivity index (χ1) is 15.0. The van der Waals surface area contributed by atoms with Gasteiger partial charge in [0.1, 0.15) is 22.8 Å². The number of benzene rings is 2. The molecule has 0 spiro atoms. The van der Waals surface area contributed by atoms with Crippen molar-refractivity contribution in [2.75, 3.05) is 0 Å². The molecule has 0 saturated heterocycles. The smallest absolute Gasteiger partial charge is 0.254 e. The average Bonchev–Trinajstić information content (AvgIpc) is 2.75. The molecule has 2 aromatic carbocycles. The number of carbonyl (C=O) groups is 1. The van der Waals surface area contributed by atoms with Crippen LogP contribution < -0.4 is 15.2 Å². The molecule has 31 heavy (non-hydrogen) atoms. The van der Waals surface area contributed by atoms with Crippen LogP contribution in [0.5, 0.6) is 23.1 Å². The number of pyridine rings is 1. The van der Waals surface area contributed by atoms with Crippen molar-refractivity contribution in [1.82, 2.24) is 4.98 Å². The summed E-state index contributed by atoms with van der Waals surface area (Å²) in [5.41, 5.74) is 8.32. The van der Waals surface area contributed by atoms with Gasteiger partial charge in [0.25, 0.3) is 5.91 Å². The molecule has 1 aromatic heterocycles. The predicted octanol–water partition coefficient (Wildman–Crippen LogP) is 6.30. The van der Waals surface area contributed by atoms with Crippen LogP contribution >= 0.6 is 0 Å². The van der Waals surface area contributed by atoms with E-state index < -0.39 is 5.91 Å². The van der Waals surface area contributed by atoms with Crippen molar-refractivity contribution in [3.63, 3.8) is 0 Å². The number of aromatic nitrogens is 1. The Bertz CT molecular complexity index is 1130. The number of primary amides is 1. The lowest BCUT2D eigenvalue weighted by Crippen LogP contribution is -2.13. The van der Waals surface area contributed by atoms with Gasteiger partial charge in [0.15, 0.2) is 0 Å². The largest absolute Gasteiger partial charge is 0.457 e. The Balaban J connectivity index is 1.88. The van der Waals surface area contributed by atoms with E-state index in [2.05, 4.69) is 11.6 Å². The molecule has 3 rings (SSSR count). The monoisotopic (exact) mass is 412 g/mol. The molecule has 156 valence electrons. The van der Waals surface area contributed by atoms with Gasteiger partial charge in [-0.15, -0.1) is 0 Å². The molecule has 5 heteroatoms. The van der Waals surface area contributed by atoms with Crippen LogP contribution in [0.4, 0.5) is 0 Å². The Morgan fingerprint density at radius 1 is 0.903 bits per heavy atom. The first kappa shape index (κ1) is 21.6. The van der Waals surface area contributed by atoms with Crippen LogP contribution in [0.2, 0.25) is 0 Å². The number of ether oxygens (including phenoxy) is 2. The fourth-order valence-electron chi connectivity index (χ4n) is 2.82. The van der Waals surface area contributed by atoms with Crippen molar-refractivity contribution in [3.8, 4) is 23.1 Å². The second-order valence-corrected chi connectivity index (χ2v) is 6.98. The Morgan fingerprint density at radius 2 is 1.52 bits per heavy atom. The van der Waals surface area contributed by atoms with Gasteiger partial charge in [-0.3, -0.25) is 4.79 Å². The molecule has 1 amide bonds. The van der Waals surface area contributed by atoms with Crippen molar-refractivity contribution in [2.45, 2.75) is 13.8 Å². The molecule has 0 atom stereocenters. The maximum atomic E-state index is 11.9. The number of hydrogen-bond acceptors (Lipinski definition) is 4. The highest BCUT2D eigenvalue weighted by molar-refractivity contribution is 5.95. The number of nitrogens with zero attached hydrogens (tertiary/aromatic N) is 1. The summed E-state index contributed by atoms with van der Waals surface area (Å²) in [6, 6.07) is 19.9. The van der Waals surface area contributed by atoms with E-state index in [9.17, 15) is 4.79 Å². The van der Waals surface area contributed by atoms with Crippen LogP contribution in [0.15, 0.2) is 97.1 Å². The quantitative estimate of drug-likeness (QED) is 0.441. The van der Waals surface area contributed by atoms with Gasteiger partial charge in [-0.05, 0) is 62.4 Å². The lowest BCUT2D eigenvalue weighted by molar-refractivity contribution is 0.0997. The highest BCUT2D eigenvalue weighted by Gasteiger charge is 2.14. The van der Waals surface area contributed by atoms with Gasteiger partial charge in [-0.2, -0.15) is 0 Å². The van der Waals surface area contributed by atoms with Crippen molar-refractivity contribution >= 4 is 11.5 Å². The minimum Gasteiger partial charge on any atom is -0.457 e. The van der Waals surface area contributed by atoms with Gasteiger partial charge in [-0.1, -0.05) is 48.6 Å². The predicted molar refractivity (Wildman–Crippen MR) is 123 cm³/mol. The van der Waals surface area contributed by atoms with Crippen LogP contribution in [0.25, 0.3) is 5.57 Å². The van der Waals surface area contributed by atoms with E-state index in [1.165, 1.54) is 0 Å². The van der Waals surface area contributed by atoms with Crippen molar-refractivity contribution in [1.29, 1.82) is 0 Å². The third-order valence-corrected chi connectivity index (χ3v) is 4.18.